The smallest absolute Gasteiger partial charge is 0.0952 e. The first-order chi connectivity index (χ1) is 6.68. The average molecular weight is 356 g/mol. The standard InChI is InChI=1S/C9H5Br2ClOS/c10-7-3-6(9(11)14-7)8(12)5-1-2-13-4-5/h1-4,8H. The third-order valence-electron chi connectivity index (χ3n) is 1.79. The van der Waals surface area contributed by atoms with E-state index in [1.807, 2.05) is 12.1 Å². The summed E-state index contributed by atoms with van der Waals surface area (Å²) in [7, 11) is 0. The summed E-state index contributed by atoms with van der Waals surface area (Å²) >= 11 is 14.8. The first-order valence-electron chi connectivity index (χ1n) is 3.79. The molecule has 1 atom stereocenters. The van der Waals surface area contributed by atoms with Crippen molar-refractivity contribution in [1.82, 2.24) is 0 Å². The molecule has 0 spiro atoms. The van der Waals surface area contributed by atoms with Crippen LogP contribution in [0.4, 0.5) is 0 Å². The molecule has 0 saturated heterocycles. The summed E-state index contributed by atoms with van der Waals surface area (Å²) in [5.74, 6) is 0. The van der Waals surface area contributed by atoms with E-state index in [4.69, 9.17) is 16.0 Å². The number of furan rings is 1. The number of hydrogen-bond donors (Lipinski definition) is 0. The molecule has 14 heavy (non-hydrogen) atoms. The van der Waals surface area contributed by atoms with Crippen molar-refractivity contribution in [2.45, 2.75) is 5.38 Å². The van der Waals surface area contributed by atoms with Crippen LogP contribution in [0.25, 0.3) is 0 Å². The molecule has 0 radical (unpaired) electrons. The van der Waals surface area contributed by atoms with Crippen LogP contribution in [0.15, 0.2) is 36.6 Å². The molecule has 1 nitrogen and oxygen atoms in total. The van der Waals surface area contributed by atoms with Gasteiger partial charge in [0, 0.05) is 11.1 Å². The SMILES string of the molecule is ClC(c1ccoc1)c1cc(Br)sc1Br. The van der Waals surface area contributed by atoms with Gasteiger partial charge < -0.3 is 4.42 Å². The highest BCUT2D eigenvalue weighted by Gasteiger charge is 2.17. The minimum atomic E-state index is -0.161. The molecule has 2 rings (SSSR count). The lowest BCUT2D eigenvalue weighted by atomic mass is 10.1. The van der Waals surface area contributed by atoms with Gasteiger partial charge in [-0.1, -0.05) is 0 Å². The summed E-state index contributed by atoms with van der Waals surface area (Å²) in [6.07, 6.45) is 3.29. The van der Waals surface area contributed by atoms with E-state index in [2.05, 4.69) is 31.9 Å². The molecular weight excluding hydrogens is 351 g/mol. The Kier molecular flexibility index (Phi) is 3.37. The number of rotatable bonds is 2. The fraction of sp³-hybridized carbons (Fsp3) is 0.111. The van der Waals surface area contributed by atoms with Gasteiger partial charge in [-0.3, -0.25) is 0 Å². The molecule has 0 aromatic carbocycles. The van der Waals surface area contributed by atoms with Crippen LogP contribution in [0.3, 0.4) is 0 Å². The summed E-state index contributed by atoms with van der Waals surface area (Å²) in [5, 5.41) is -0.161. The van der Waals surface area contributed by atoms with Crippen LogP contribution in [0.2, 0.25) is 0 Å². The van der Waals surface area contributed by atoms with Gasteiger partial charge >= 0.3 is 0 Å². The van der Waals surface area contributed by atoms with Gasteiger partial charge in [0.25, 0.3) is 0 Å². The summed E-state index contributed by atoms with van der Waals surface area (Å²) < 4.78 is 7.11. The molecule has 0 amide bonds. The van der Waals surface area contributed by atoms with Crippen LogP contribution in [0.1, 0.15) is 16.5 Å². The highest BCUT2D eigenvalue weighted by molar-refractivity contribution is 9.12. The Hall–Kier alpha value is 0.230. The lowest BCUT2D eigenvalue weighted by Crippen LogP contribution is -1.88. The van der Waals surface area contributed by atoms with E-state index in [0.29, 0.717) is 0 Å². The van der Waals surface area contributed by atoms with Crippen LogP contribution in [0, 0.1) is 0 Å². The molecule has 0 aliphatic rings. The topological polar surface area (TPSA) is 13.1 Å². The quantitative estimate of drug-likeness (QED) is 0.675. The predicted octanol–water partition coefficient (Wildman–Crippen LogP) is 5.19. The molecule has 0 bridgehead atoms. The fourth-order valence-corrected chi connectivity index (χ4v) is 4.52. The lowest BCUT2D eigenvalue weighted by molar-refractivity contribution is 0.564. The minimum absolute atomic E-state index is 0.161. The maximum absolute atomic E-state index is 6.29. The number of halogens is 3. The lowest BCUT2D eigenvalue weighted by Gasteiger charge is -2.04. The molecule has 5 heteroatoms. The van der Waals surface area contributed by atoms with Gasteiger partial charge in [-0.25, -0.2) is 0 Å². The van der Waals surface area contributed by atoms with Crippen LogP contribution >= 0.6 is 54.8 Å². The van der Waals surface area contributed by atoms with Crippen molar-refractivity contribution >= 4 is 54.8 Å². The van der Waals surface area contributed by atoms with Crippen molar-refractivity contribution in [2.75, 3.05) is 0 Å². The van der Waals surface area contributed by atoms with Crippen molar-refractivity contribution in [3.63, 3.8) is 0 Å². The number of thiophene rings is 1. The van der Waals surface area contributed by atoms with Gasteiger partial charge in [0.15, 0.2) is 0 Å². The second-order valence-electron chi connectivity index (χ2n) is 2.70. The Bertz CT molecular complexity index is 424. The molecule has 74 valence electrons. The Morgan fingerprint density at radius 2 is 2.21 bits per heavy atom. The molecule has 0 aliphatic heterocycles. The fourth-order valence-electron chi connectivity index (χ4n) is 1.12. The molecule has 2 aromatic heterocycles. The largest absolute Gasteiger partial charge is 0.472 e. The normalized spacial score (nSPS) is 13.1. The molecule has 0 aliphatic carbocycles. The minimum Gasteiger partial charge on any atom is -0.472 e. The summed E-state index contributed by atoms with van der Waals surface area (Å²) in [4.78, 5) is 0. The van der Waals surface area contributed by atoms with Crippen LogP contribution in [0.5, 0.6) is 0 Å². The van der Waals surface area contributed by atoms with E-state index in [1.165, 1.54) is 0 Å². The Morgan fingerprint density at radius 3 is 2.71 bits per heavy atom. The second-order valence-corrected chi connectivity index (χ2v) is 6.88. The van der Waals surface area contributed by atoms with Gasteiger partial charge in [0.2, 0.25) is 0 Å². The zero-order chi connectivity index (χ0) is 10.1. The third-order valence-corrected chi connectivity index (χ3v) is 4.66. The molecule has 0 N–H and O–H groups in total. The summed E-state index contributed by atoms with van der Waals surface area (Å²) in [6.45, 7) is 0. The van der Waals surface area contributed by atoms with E-state index < -0.39 is 0 Å². The summed E-state index contributed by atoms with van der Waals surface area (Å²) in [5.41, 5.74) is 2.03. The van der Waals surface area contributed by atoms with Gasteiger partial charge in [-0.05, 0) is 44.0 Å². The predicted molar refractivity (Wildman–Crippen MR) is 66.1 cm³/mol. The third kappa shape index (κ3) is 2.08. The average Bonchev–Trinajstić information content (AvgIpc) is 2.73. The summed E-state index contributed by atoms with van der Waals surface area (Å²) in [6, 6.07) is 3.88. The molecule has 2 heterocycles. The van der Waals surface area contributed by atoms with Crippen molar-refractivity contribution in [3.8, 4) is 0 Å². The van der Waals surface area contributed by atoms with E-state index in [0.717, 1.165) is 18.7 Å². The molecular formula is C9H5Br2ClOS. The first-order valence-corrected chi connectivity index (χ1v) is 6.63. The number of alkyl halides is 1. The van der Waals surface area contributed by atoms with Gasteiger partial charge in [-0.15, -0.1) is 22.9 Å². The van der Waals surface area contributed by atoms with E-state index in [1.54, 1.807) is 23.9 Å². The van der Waals surface area contributed by atoms with Crippen LogP contribution in [-0.4, -0.2) is 0 Å². The molecule has 2 aromatic rings. The highest BCUT2D eigenvalue weighted by atomic mass is 79.9. The Balaban J connectivity index is 2.36. The van der Waals surface area contributed by atoms with Gasteiger partial charge in [0.05, 0.1) is 25.5 Å². The Labute approximate surface area is 107 Å². The Morgan fingerprint density at radius 1 is 1.43 bits per heavy atom. The van der Waals surface area contributed by atoms with Crippen molar-refractivity contribution in [3.05, 3.63) is 43.4 Å². The van der Waals surface area contributed by atoms with Gasteiger partial charge in [-0.2, -0.15) is 0 Å². The first kappa shape index (κ1) is 10.7. The van der Waals surface area contributed by atoms with Crippen molar-refractivity contribution in [1.29, 1.82) is 0 Å². The maximum Gasteiger partial charge on any atom is 0.0952 e. The molecule has 0 saturated carbocycles. The van der Waals surface area contributed by atoms with E-state index in [-0.39, 0.29) is 5.38 Å². The zero-order valence-electron chi connectivity index (χ0n) is 6.84. The molecule has 1 unspecified atom stereocenters. The van der Waals surface area contributed by atoms with E-state index >= 15 is 0 Å². The van der Waals surface area contributed by atoms with E-state index in [9.17, 15) is 0 Å². The number of hydrogen-bond acceptors (Lipinski definition) is 2. The van der Waals surface area contributed by atoms with Crippen LogP contribution in [-0.2, 0) is 0 Å². The zero-order valence-corrected chi connectivity index (χ0v) is 11.6. The van der Waals surface area contributed by atoms with Crippen molar-refractivity contribution in [2.24, 2.45) is 0 Å². The van der Waals surface area contributed by atoms with Crippen molar-refractivity contribution < 1.29 is 4.42 Å². The molecule has 0 fully saturated rings. The second kappa shape index (κ2) is 4.39. The maximum atomic E-state index is 6.29. The highest BCUT2D eigenvalue weighted by Crippen LogP contribution is 2.40. The van der Waals surface area contributed by atoms with Crippen LogP contribution < -0.4 is 0 Å². The van der Waals surface area contributed by atoms with Gasteiger partial charge in [0.1, 0.15) is 0 Å². The monoisotopic (exact) mass is 354 g/mol.